The van der Waals surface area contributed by atoms with Crippen LogP contribution in [0.2, 0.25) is 0 Å². The van der Waals surface area contributed by atoms with Crippen LogP contribution in [0.4, 0.5) is 10.8 Å². The number of fused-ring (bicyclic) bond motifs is 1. The minimum atomic E-state index is -1.10. The Balaban J connectivity index is 1.22. The summed E-state index contributed by atoms with van der Waals surface area (Å²) in [7, 11) is 0. The van der Waals surface area contributed by atoms with E-state index in [4.69, 9.17) is 0 Å². The van der Waals surface area contributed by atoms with E-state index in [2.05, 4.69) is 15.6 Å². The number of carbonyl (C=O) groups is 3. The van der Waals surface area contributed by atoms with Crippen molar-refractivity contribution in [3.8, 4) is 11.3 Å². The number of aromatic carboxylic acids is 1. The lowest BCUT2D eigenvalue weighted by Gasteiger charge is -2.11. The molecule has 1 heterocycles. The monoisotopic (exact) mass is 553 g/mol. The summed E-state index contributed by atoms with van der Waals surface area (Å²) in [5.41, 5.74) is 3.86. The quantitative estimate of drug-likeness (QED) is 0.179. The second-order valence-electron chi connectivity index (χ2n) is 8.74. The van der Waals surface area contributed by atoms with Gasteiger partial charge in [0.15, 0.2) is 5.13 Å². The molecule has 194 valence electrons. The Labute approximate surface area is 232 Å². The van der Waals surface area contributed by atoms with E-state index in [0.29, 0.717) is 21.6 Å². The first kappa shape index (κ1) is 26.1. The zero-order valence-electron chi connectivity index (χ0n) is 20.8. The number of hydrogen-bond acceptors (Lipinski definition) is 6. The van der Waals surface area contributed by atoms with E-state index in [-0.39, 0.29) is 22.8 Å². The van der Waals surface area contributed by atoms with Crippen molar-refractivity contribution in [2.75, 3.05) is 16.4 Å². The van der Waals surface area contributed by atoms with E-state index in [0.717, 1.165) is 16.2 Å². The van der Waals surface area contributed by atoms with E-state index in [1.54, 1.807) is 48.5 Å². The number of carboxylic acids is 1. The number of thiazole rings is 1. The van der Waals surface area contributed by atoms with Crippen LogP contribution in [0.5, 0.6) is 0 Å². The standard InChI is InChI=1S/C30H23N3O4S2/c1-18-11-13-19(14-12-18)25-16-39-30(32-25)33-26(34)17-38-22-8-4-7-21(15-22)31-28(35)23-9-2-5-20-6-3-10-24(27(20)23)29(36)37/h2-16H,17H2,1H3,(H,31,35)(H,36,37)(H,32,33,34). The Morgan fingerprint density at radius 3 is 2.36 bits per heavy atom. The molecule has 0 aliphatic carbocycles. The molecule has 9 heteroatoms. The van der Waals surface area contributed by atoms with Crippen LogP contribution in [0.3, 0.4) is 0 Å². The zero-order chi connectivity index (χ0) is 27.4. The van der Waals surface area contributed by atoms with Crippen LogP contribution in [0.25, 0.3) is 22.0 Å². The van der Waals surface area contributed by atoms with Crippen LogP contribution < -0.4 is 10.6 Å². The maximum atomic E-state index is 13.1. The molecule has 0 spiro atoms. The minimum Gasteiger partial charge on any atom is -0.478 e. The molecule has 0 atom stereocenters. The fourth-order valence-electron chi connectivity index (χ4n) is 4.06. The van der Waals surface area contributed by atoms with Gasteiger partial charge in [-0.25, -0.2) is 9.78 Å². The number of carbonyl (C=O) groups excluding carboxylic acids is 2. The van der Waals surface area contributed by atoms with Crippen LogP contribution in [0.15, 0.2) is 95.2 Å². The van der Waals surface area contributed by atoms with E-state index in [9.17, 15) is 19.5 Å². The summed E-state index contributed by atoms with van der Waals surface area (Å²) in [5.74, 6) is -1.53. The summed E-state index contributed by atoms with van der Waals surface area (Å²) in [4.78, 5) is 42.7. The Kier molecular flexibility index (Phi) is 7.72. The Hall–Kier alpha value is -4.47. The van der Waals surface area contributed by atoms with Crippen LogP contribution >= 0.6 is 23.1 Å². The molecule has 0 bridgehead atoms. The van der Waals surface area contributed by atoms with Gasteiger partial charge in [0, 0.05) is 32.5 Å². The zero-order valence-corrected chi connectivity index (χ0v) is 22.4. The van der Waals surface area contributed by atoms with Gasteiger partial charge in [0.1, 0.15) is 0 Å². The molecule has 0 unspecified atom stereocenters. The lowest BCUT2D eigenvalue weighted by atomic mass is 9.98. The van der Waals surface area contributed by atoms with Gasteiger partial charge in [-0.1, -0.05) is 60.2 Å². The SMILES string of the molecule is Cc1ccc(-c2csc(NC(=O)CSc3cccc(NC(=O)c4cccc5cccc(C(=O)O)c45)c3)n2)cc1. The summed E-state index contributed by atoms with van der Waals surface area (Å²) in [6, 6.07) is 25.2. The average Bonchev–Trinajstić information content (AvgIpc) is 3.40. The lowest BCUT2D eigenvalue weighted by molar-refractivity contribution is -0.113. The van der Waals surface area contributed by atoms with Crippen LogP contribution in [0.1, 0.15) is 26.3 Å². The van der Waals surface area contributed by atoms with Gasteiger partial charge in [0.2, 0.25) is 5.91 Å². The van der Waals surface area contributed by atoms with Crippen LogP contribution in [0, 0.1) is 6.92 Å². The van der Waals surface area contributed by atoms with Crippen molar-refractivity contribution in [2.45, 2.75) is 11.8 Å². The average molecular weight is 554 g/mol. The Bertz CT molecular complexity index is 1690. The van der Waals surface area contributed by atoms with Crippen LogP contribution in [-0.4, -0.2) is 33.6 Å². The molecule has 0 saturated heterocycles. The first-order chi connectivity index (χ1) is 18.9. The molecule has 39 heavy (non-hydrogen) atoms. The van der Waals surface area contributed by atoms with Crippen molar-refractivity contribution in [2.24, 2.45) is 0 Å². The molecule has 7 nitrogen and oxygen atoms in total. The van der Waals surface area contributed by atoms with Crippen LogP contribution in [-0.2, 0) is 4.79 Å². The molecule has 0 fully saturated rings. The maximum absolute atomic E-state index is 13.1. The van der Waals surface area contributed by atoms with E-state index in [1.807, 2.05) is 42.6 Å². The number of aryl methyl sites for hydroxylation is 1. The number of nitrogens with zero attached hydrogens (tertiary/aromatic N) is 1. The number of benzene rings is 4. The van der Waals surface area contributed by atoms with Gasteiger partial charge in [-0.2, -0.15) is 0 Å². The third-order valence-corrected chi connectivity index (χ3v) is 7.69. The summed E-state index contributed by atoms with van der Waals surface area (Å²) in [6.45, 7) is 2.03. The second kappa shape index (κ2) is 11.5. The number of rotatable bonds is 8. The molecule has 5 rings (SSSR count). The molecule has 0 aliphatic rings. The van der Waals surface area contributed by atoms with E-state index in [1.165, 1.54) is 34.7 Å². The number of hydrogen-bond donors (Lipinski definition) is 3. The normalized spacial score (nSPS) is 10.8. The van der Waals surface area contributed by atoms with Crippen molar-refractivity contribution < 1.29 is 19.5 Å². The lowest BCUT2D eigenvalue weighted by Crippen LogP contribution is -2.14. The summed E-state index contributed by atoms with van der Waals surface area (Å²) >= 11 is 2.71. The second-order valence-corrected chi connectivity index (χ2v) is 10.6. The van der Waals surface area contributed by atoms with Gasteiger partial charge in [-0.05, 0) is 42.6 Å². The largest absolute Gasteiger partial charge is 0.478 e. The van der Waals surface area contributed by atoms with Gasteiger partial charge in [-0.15, -0.1) is 23.1 Å². The topological polar surface area (TPSA) is 108 Å². The van der Waals surface area contributed by atoms with Crippen molar-refractivity contribution in [1.82, 2.24) is 4.98 Å². The molecular formula is C30H23N3O4S2. The number of carboxylic acid groups (broad SMARTS) is 1. The first-order valence-corrected chi connectivity index (χ1v) is 13.9. The highest BCUT2D eigenvalue weighted by atomic mass is 32.2. The van der Waals surface area contributed by atoms with E-state index >= 15 is 0 Å². The van der Waals surface area contributed by atoms with E-state index < -0.39 is 11.9 Å². The molecular weight excluding hydrogens is 530 g/mol. The summed E-state index contributed by atoms with van der Waals surface area (Å²) in [6.07, 6.45) is 0. The summed E-state index contributed by atoms with van der Waals surface area (Å²) < 4.78 is 0. The fourth-order valence-corrected chi connectivity index (χ4v) is 5.55. The highest BCUT2D eigenvalue weighted by molar-refractivity contribution is 8.00. The van der Waals surface area contributed by atoms with Gasteiger partial charge in [0.25, 0.3) is 5.91 Å². The molecule has 4 aromatic carbocycles. The number of aromatic nitrogens is 1. The smallest absolute Gasteiger partial charge is 0.336 e. The third-order valence-electron chi connectivity index (χ3n) is 5.94. The van der Waals surface area contributed by atoms with Crippen molar-refractivity contribution in [3.63, 3.8) is 0 Å². The Morgan fingerprint density at radius 2 is 1.62 bits per heavy atom. The van der Waals surface area contributed by atoms with Gasteiger partial charge in [0.05, 0.1) is 17.0 Å². The van der Waals surface area contributed by atoms with Gasteiger partial charge < -0.3 is 15.7 Å². The molecule has 2 amide bonds. The Morgan fingerprint density at radius 1 is 0.897 bits per heavy atom. The third kappa shape index (κ3) is 6.17. The number of thioether (sulfide) groups is 1. The first-order valence-electron chi connectivity index (χ1n) is 12.0. The summed E-state index contributed by atoms with van der Waals surface area (Å²) in [5, 5.41) is 18.8. The molecule has 3 N–H and O–H groups in total. The highest BCUT2D eigenvalue weighted by Crippen LogP contribution is 2.28. The fraction of sp³-hybridized carbons (Fsp3) is 0.0667. The maximum Gasteiger partial charge on any atom is 0.336 e. The van der Waals surface area contributed by atoms with Gasteiger partial charge >= 0.3 is 5.97 Å². The number of amides is 2. The predicted octanol–water partition coefficient (Wildman–Crippen LogP) is 6.95. The highest BCUT2D eigenvalue weighted by Gasteiger charge is 2.17. The van der Waals surface area contributed by atoms with Crippen molar-refractivity contribution >= 4 is 62.5 Å². The van der Waals surface area contributed by atoms with Gasteiger partial charge in [-0.3, -0.25) is 9.59 Å². The molecule has 1 aromatic heterocycles. The van der Waals surface area contributed by atoms with Crippen molar-refractivity contribution in [3.05, 3.63) is 107 Å². The molecule has 0 aliphatic heterocycles. The molecule has 0 saturated carbocycles. The predicted molar refractivity (Wildman–Crippen MR) is 157 cm³/mol. The number of nitrogens with one attached hydrogen (secondary N) is 2. The minimum absolute atomic E-state index is 0.0692. The molecule has 5 aromatic rings. The van der Waals surface area contributed by atoms with Crippen molar-refractivity contribution in [1.29, 1.82) is 0 Å². The molecule has 0 radical (unpaired) electrons. The number of anilines is 2.